The maximum Gasteiger partial charge on any atom is 0.307 e. The van der Waals surface area contributed by atoms with Gasteiger partial charge in [0.25, 0.3) is 0 Å². The fourth-order valence-electron chi connectivity index (χ4n) is 2.22. The van der Waals surface area contributed by atoms with E-state index in [0.717, 1.165) is 24.5 Å². The van der Waals surface area contributed by atoms with Gasteiger partial charge in [-0.1, -0.05) is 0 Å². The highest BCUT2D eigenvalue weighted by molar-refractivity contribution is 5.69. The largest absolute Gasteiger partial charge is 0.497 e. The summed E-state index contributed by atoms with van der Waals surface area (Å²) in [5.41, 5.74) is 1.17. The van der Waals surface area contributed by atoms with Crippen LogP contribution in [0, 0.1) is 0 Å². The van der Waals surface area contributed by atoms with Crippen molar-refractivity contribution in [3.05, 3.63) is 23.8 Å². The van der Waals surface area contributed by atoms with Gasteiger partial charge in [0.2, 0.25) is 0 Å². The lowest BCUT2D eigenvalue weighted by Crippen LogP contribution is -2.31. The van der Waals surface area contributed by atoms with Gasteiger partial charge in [0.15, 0.2) is 0 Å². The summed E-state index contributed by atoms with van der Waals surface area (Å²) < 4.78 is 15.9. The average Bonchev–Trinajstić information content (AvgIpc) is 2.85. The molecular weight excluding hydrogens is 258 g/mol. The van der Waals surface area contributed by atoms with E-state index in [1.54, 1.807) is 7.11 Å². The molecular formula is C15H21NO4. The third-order valence-corrected chi connectivity index (χ3v) is 3.19. The first kappa shape index (κ1) is 14.7. The van der Waals surface area contributed by atoms with Crippen LogP contribution in [0.1, 0.15) is 18.9 Å². The Labute approximate surface area is 119 Å². The molecule has 2 rings (SSSR count). The fraction of sp³-hybridized carbons (Fsp3) is 0.533. The number of nitrogens with one attached hydrogen (secondary N) is 1. The molecule has 0 aliphatic carbocycles. The number of methoxy groups -OCH3 is 1. The van der Waals surface area contributed by atoms with Crippen molar-refractivity contribution >= 4 is 5.97 Å². The highest BCUT2D eigenvalue weighted by atomic mass is 16.5. The van der Waals surface area contributed by atoms with Gasteiger partial charge in [0.05, 0.1) is 20.1 Å². The van der Waals surface area contributed by atoms with E-state index in [2.05, 4.69) is 5.32 Å². The van der Waals surface area contributed by atoms with E-state index >= 15 is 0 Å². The molecule has 20 heavy (non-hydrogen) atoms. The molecule has 1 aromatic carbocycles. The second-order valence-electron chi connectivity index (χ2n) is 4.68. The molecule has 0 fully saturated rings. The van der Waals surface area contributed by atoms with E-state index in [4.69, 9.17) is 14.2 Å². The van der Waals surface area contributed by atoms with Crippen LogP contribution in [-0.2, 0) is 16.0 Å². The van der Waals surface area contributed by atoms with E-state index in [0.29, 0.717) is 19.6 Å². The Kier molecular flexibility index (Phi) is 5.24. The van der Waals surface area contributed by atoms with Crippen LogP contribution in [0.2, 0.25) is 0 Å². The summed E-state index contributed by atoms with van der Waals surface area (Å²) in [6.45, 7) is 3.57. The molecule has 1 unspecified atom stereocenters. The molecule has 0 amide bonds. The number of carbonyl (C=O) groups excluding carboxylic acids is 1. The zero-order chi connectivity index (χ0) is 14.4. The van der Waals surface area contributed by atoms with Crippen LogP contribution in [0.15, 0.2) is 18.2 Å². The Balaban J connectivity index is 1.71. The molecule has 1 aliphatic heterocycles. The number of fused-ring (bicyclic) bond motifs is 1. The lowest BCUT2D eigenvalue weighted by molar-refractivity contribution is -0.142. The first-order valence-electron chi connectivity index (χ1n) is 6.92. The second kappa shape index (κ2) is 7.14. The van der Waals surface area contributed by atoms with Gasteiger partial charge in [0, 0.05) is 25.1 Å². The fourth-order valence-corrected chi connectivity index (χ4v) is 2.22. The molecule has 5 nitrogen and oxygen atoms in total. The van der Waals surface area contributed by atoms with Crippen molar-refractivity contribution in [1.29, 1.82) is 0 Å². The number of hydrogen-bond donors (Lipinski definition) is 1. The SMILES string of the molecule is CCOC(=O)CCNCC1Cc2cc(OC)ccc2O1. The van der Waals surface area contributed by atoms with Crippen molar-refractivity contribution in [3.63, 3.8) is 0 Å². The molecule has 1 aliphatic rings. The first-order chi connectivity index (χ1) is 9.72. The minimum atomic E-state index is -0.166. The zero-order valence-corrected chi connectivity index (χ0v) is 12.0. The maximum atomic E-state index is 11.2. The van der Waals surface area contributed by atoms with Crippen LogP contribution in [0.25, 0.3) is 0 Å². The average molecular weight is 279 g/mol. The lowest BCUT2D eigenvalue weighted by atomic mass is 10.1. The monoisotopic (exact) mass is 279 g/mol. The van der Waals surface area contributed by atoms with Crippen molar-refractivity contribution < 1.29 is 19.0 Å². The maximum absolute atomic E-state index is 11.2. The molecule has 0 aromatic heterocycles. The van der Waals surface area contributed by atoms with E-state index < -0.39 is 0 Å². The smallest absolute Gasteiger partial charge is 0.307 e. The molecule has 1 heterocycles. The van der Waals surface area contributed by atoms with Gasteiger partial charge in [-0.2, -0.15) is 0 Å². The Bertz CT molecular complexity index is 461. The third-order valence-electron chi connectivity index (χ3n) is 3.19. The Hall–Kier alpha value is -1.75. The topological polar surface area (TPSA) is 56.8 Å². The molecule has 1 aromatic rings. The van der Waals surface area contributed by atoms with Crippen LogP contribution in [-0.4, -0.2) is 38.9 Å². The van der Waals surface area contributed by atoms with Gasteiger partial charge < -0.3 is 19.5 Å². The summed E-state index contributed by atoms with van der Waals surface area (Å²) in [6.07, 6.45) is 1.36. The van der Waals surface area contributed by atoms with E-state index in [1.165, 1.54) is 5.56 Å². The van der Waals surface area contributed by atoms with Crippen molar-refractivity contribution in [2.75, 3.05) is 26.8 Å². The Morgan fingerprint density at radius 2 is 2.35 bits per heavy atom. The van der Waals surface area contributed by atoms with Gasteiger partial charge in [-0.05, 0) is 25.1 Å². The summed E-state index contributed by atoms with van der Waals surface area (Å²) in [5, 5.41) is 3.22. The van der Waals surface area contributed by atoms with Crippen LogP contribution in [0.5, 0.6) is 11.5 Å². The number of carbonyl (C=O) groups is 1. The number of ether oxygens (including phenoxy) is 3. The van der Waals surface area contributed by atoms with E-state index in [1.807, 2.05) is 25.1 Å². The van der Waals surface area contributed by atoms with Gasteiger partial charge in [-0.25, -0.2) is 0 Å². The standard InChI is InChI=1S/C15H21NO4/c1-3-19-15(17)6-7-16-10-13-9-11-8-12(18-2)4-5-14(11)20-13/h4-5,8,13,16H,3,6-7,9-10H2,1-2H3. The predicted octanol–water partition coefficient (Wildman–Crippen LogP) is 1.54. The molecule has 0 saturated heterocycles. The van der Waals surface area contributed by atoms with E-state index in [9.17, 15) is 4.79 Å². The van der Waals surface area contributed by atoms with Crippen LogP contribution < -0.4 is 14.8 Å². The van der Waals surface area contributed by atoms with Gasteiger partial charge >= 0.3 is 5.97 Å². The minimum Gasteiger partial charge on any atom is -0.497 e. The van der Waals surface area contributed by atoms with Crippen molar-refractivity contribution in [1.82, 2.24) is 5.32 Å². The molecule has 5 heteroatoms. The number of hydrogen-bond acceptors (Lipinski definition) is 5. The molecule has 0 spiro atoms. The van der Waals surface area contributed by atoms with Crippen LogP contribution in [0.3, 0.4) is 0 Å². The molecule has 110 valence electrons. The zero-order valence-electron chi connectivity index (χ0n) is 12.0. The molecule has 1 atom stereocenters. The highest BCUT2D eigenvalue weighted by Gasteiger charge is 2.22. The predicted molar refractivity (Wildman–Crippen MR) is 75.2 cm³/mol. The second-order valence-corrected chi connectivity index (χ2v) is 4.68. The summed E-state index contributed by atoms with van der Waals surface area (Å²) in [7, 11) is 1.66. The molecule has 1 N–H and O–H groups in total. The van der Waals surface area contributed by atoms with Gasteiger partial charge in [-0.3, -0.25) is 4.79 Å². The van der Waals surface area contributed by atoms with Gasteiger partial charge in [0.1, 0.15) is 17.6 Å². The van der Waals surface area contributed by atoms with Crippen LogP contribution >= 0.6 is 0 Å². The number of benzene rings is 1. The van der Waals surface area contributed by atoms with Gasteiger partial charge in [-0.15, -0.1) is 0 Å². The minimum absolute atomic E-state index is 0.110. The summed E-state index contributed by atoms with van der Waals surface area (Å²) in [6, 6.07) is 5.84. The Morgan fingerprint density at radius 3 is 3.10 bits per heavy atom. The van der Waals surface area contributed by atoms with Crippen molar-refractivity contribution in [2.45, 2.75) is 25.9 Å². The quantitative estimate of drug-likeness (QED) is 0.606. The molecule has 0 bridgehead atoms. The number of rotatable bonds is 7. The first-order valence-corrected chi connectivity index (χ1v) is 6.92. The normalized spacial score (nSPS) is 16.4. The van der Waals surface area contributed by atoms with E-state index in [-0.39, 0.29) is 12.1 Å². The van der Waals surface area contributed by atoms with Crippen LogP contribution in [0.4, 0.5) is 0 Å². The summed E-state index contributed by atoms with van der Waals surface area (Å²) >= 11 is 0. The molecule has 0 saturated carbocycles. The highest BCUT2D eigenvalue weighted by Crippen LogP contribution is 2.31. The van der Waals surface area contributed by atoms with Crippen molar-refractivity contribution in [2.24, 2.45) is 0 Å². The Morgan fingerprint density at radius 1 is 1.50 bits per heavy atom. The van der Waals surface area contributed by atoms with Crippen molar-refractivity contribution in [3.8, 4) is 11.5 Å². The third kappa shape index (κ3) is 3.87. The number of esters is 1. The summed E-state index contributed by atoms with van der Waals surface area (Å²) in [4.78, 5) is 11.2. The molecule has 0 radical (unpaired) electrons. The lowest BCUT2D eigenvalue weighted by Gasteiger charge is -2.11. The summed E-state index contributed by atoms with van der Waals surface area (Å²) in [5.74, 6) is 1.60.